The van der Waals surface area contributed by atoms with Crippen molar-refractivity contribution in [3.8, 4) is 0 Å². The van der Waals surface area contributed by atoms with Gasteiger partial charge in [-0.15, -0.1) is 0 Å². The maximum Gasteiger partial charge on any atom is 0.269 e. The number of hydrogen-bond donors (Lipinski definition) is 0. The number of Topliss-reactive ketones (excluding diaryl/α,β-unsaturated/α-hetero) is 1. The summed E-state index contributed by atoms with van der Waals surface area (Å²) in [6.45, 7) is 2.19. The van der Waals surface area contributed by atoms with Crippen molar-refractivity contribution in [1.29, 1.82) is 0 Å². The van der Waals surface area contributed by atoms with Crippen LogP contribution in [-0.2, 0) is 11.2 Å². The molecule has 0 saturated carbocycles. The molecule has 0 amide bonds. The summed E-state index contributed by atoms with van der Waals surface area (Å²) in [7, 11) is 0. The molecule has 0 aromatic heterocycles. The second-order valence-corrected chi connectivity index (χ2v) is 5.16. The molecule has 4 heteroatoms. The quantitative estimate of drug-likeness (QED) is 0.360. The molecule has 20 heavy (non-hydrogen) atoms. The number of nitro groups is 1. The monoisotopic (exact) mass is 277 g/mol. The van der Waals surface area contributed by atoms with Gasteiger partial charge in [0.1, 0.15) is 5.78 Å². The first-order chi connectivity index (χ1) is 9.63. The largest absolute Gasteiger partial charge is 0.299 e. The lowest BCUT2D eigenvalue weighted by Gasteiger charge is -2.02. The van der Waals surface area contributed by atoms with Gasteiger partial charge in [0.15, 0.2) is 0 Å². The fourth-order valence-electron chi connectivity index (χ4n) is 2.15. The van der Waals surface area contributed by atoms with Crippen molar-refractivity contribution < 1.29 is 9.72 Å². The highest BCUT2D eigenvalue weighted by atomic mass is 16.6. The molecular weight excluding hydrogens is 254 g/mol. The molecule has 0 N–H and O–H groups in total. The minimum Gasteiger partial charge on any atom is -0.299 e. The zero-order valence-corrected chi connectivity index (χ0v) is 12.1. The average Bonchev–Trinajstić information content (AvgIpc) is 2.43. The third kappa shape index (κ3) is 6.45. The van der Waals surface area contributed by atoms with Crippen LogP contribution < -0.4 is 0 Å². The highest BCUT2D eigenvalue weighted by Crippen LogP contribution is 2.14. The third-order valence-electron chi connectivity index (χ3n) is 3.36. The summed E-state index contributed by atoms with van der Waals surface area (Å²) in [4.78, 5) is 21.9. The van der Waals surface area contributed by atoms with Crippen molar-refractivity contribution in [2.45, 2.75) is 58.3 Å². The molecule has 1 rings (SSSR count). The number of carbonyl (C=O) groups is 1. The summed E-state index contributed by atoms with van der Waals surface area (Å²) >= 11 is 0. The molecule has 4 nitrogen and oxygen atoms in total. The van der Waals surface area contributed by atoms with E-state index in [2.05, 4.69) is 6.92 Å². The van der Waals surface area contributed by atoms with Crippen LogP contribution in [0.5, 0.6) is 0 Å². The van der Waals surface area contributed by atoms with Crippen LogP contribution in [0.15, 0.2) is 24.3 Å². The number of nitro benzene ring substituents is 1. The van der Waals surface area contributed by atoms with Crippen LogP contribution in [0.1, 0.15) is 57.4 Å². The Hall–Kier alpha value is -1.71. The fourth-order valence-corrected chi connectivity index (χ4v) is 2.15. The molecule has 0 aliphatic rings. The Kier molecular flexibility index (Phi) is 7.55. The number of ketones is 1. The molecule has 0 heterocycles. The Morgan fingerprint density at radius 2 is 1.65 bits per heavy atom. The standard InChI is InChI=1S/C16H23NO3/c1-2-3-4-5-6-7-8-16(18)13-14-9-11-15(12-10-14)17(19)20/h9-12H,2-8,13H2,1H3. The number of benzene rings is 1. The van der Waals surface area contributed by atoms with E-state index in [-0.39, 0.29) is 11.5 Å². The van der Waals surface area contributed by atoms with Crippen LogP contribution in [0.25, 0.3) is 0 Å². The van der Waals surface area contributed by atoms with Crippen molar-refractivity contribution in [1.82, 2.24) is 0 Å². The smallest absolute Gasteiger partial charge is 0.269 e. The molecule has 0 spiro atoms. The van der Waals surface area contributed by atoms with Crippen LogP contribution in [-0.4, -0.2) is 10.7 Å². The lowest BCUT2D eigenvalue weighted by molar-refractivity contribution is -0.384. The maximum atomic E-state index is 11.8. The van der Waals surface area contributed by atoms with E-state index >= 15 is 0 Å². The highest BCUT2D eigenvalue weighted by molar-refractivity contribution is 5.80. The Morgan fingerprint density at radius 3 is 2.25 bits per heavy atom. The Morgan fingerprint density at radius 1 is 1.05 bits per heavy atom. The van der Waals surface area contributed by atoms with Crippen LogP contribution in [0.2, 0.25) is 0 Å². The summed E-state index contributed by atoms with van der Waals surface area (Å²) in [6, 6.07) is 6.23. The summed E-state index contributed by atoms with van der Waals surface area (Å²) in [5.74, 6) is 0.217. The second-order valence-electron chi connectivity index (χ2n) is 5.16. The first kappa shape index (κ1) is 16.3. The molecule has 0 saturated heterocycles. The lowest BCUT2D eigenvalue weighted by atomic mass is 10.0. The van der Waals surface area contributed by atoms with Crippen molar-refractivity contribution in [2.75, 3.05) is 0 Å². The maximum absolute atomic E-state index is 11.8. The minimum atomic E-state index is -0.429. The van der Waals surface area contributed by atoms with Crippen molar-refractivity contribution >= 4 is 11.5 Å². The molecule has 0 unspecified atom stereocenters. The summed E-state index contributed by atoms with van der Waals surface area (Å²) in [5, 5.41) is 10.5. The summed E-state index contributed by atoms with van der Waals surface area (Å²) in [6.07, 6.45) is 8.04. The van der Waals surface area contributed by atoms with E-state index in [4.69, 9.17) is 0 Å². The molecule has 1 aromatic carbocycles. The number of unbranched alkanes of at least 4 members (excludes halogenated alkanes) is 5. The zero-order valence-electron chi connectivity index (χ0n) is 12.1. The van der Waals surface area contributed by atoms with Gasteiger partial charge >= 0.3 is 0 Å². The number of nitrogens with zero attached hydrogens (tertiary/aromatic N) is 1. The van der Waals surface area contributed by atoms with Crippen LogP contribution in [0.4, 0.5) is 5.69 Å². The van der Waals surface area contributed by atoms with Gasteiger partial charge in [-0.05, 0) is 12.0 Å². The van der Waals surface area contributed by atoms with Gasteiger partial charge in [-0.3, -0.25) is 14.9 Å². The van der Waals surface area contributed by atoms with Gasteiger partial charge < -0.3 is 0 Å². The van der Waals surface area contributed by atoms with E-state index < -0.39 is 4.92 Å². The van der Waals surface area contributed by atoms with E-state index in [0.717, 1.165) is 18.4 Å². The SMILES string of the molecule is CCCCCCCCC(=O)Cc1ccc([N+](=O)[O-])cc1. The molecule has 0 radical (unpaired) electrons. The van der Waals surface area contributed by atoms with E-state index in [0.29, 0.717) is 12.8 Å². The van der Waals surface area contributed by atoms with E-state index in [1.54, 1.807) is 12.1 Å². The molecule has 0 bridgehead atoms. The Bertz CT molecular complexity index is 426. The van der Waals surface area contributed by atoms with Crippen molar-refractivity contribution in [3.05, 3.63) is 39.9 Å². The molecule has 0 fully saturated rings. The van der Waals surface area contributed by atoms with E-state index in [9.17, 15) is 14.9 Å². The molecule has 0 aliphatic heterocycles. The van der Waals surface area contributed by atoms with Gasteiger partial charge in [-0.2, -0.15) is 0 Å². The average molecular weight is 277 g/mol. The topological polar surface area (TPSA) is 60.2 Å². The first-order valence-electron chi connectivity index (χ1n) is 7.38. The van der Waals surface area contributed by atoms with Crippen LogP contribution >= 0.6 is 0 Å². The van der Waals surface area contributed by atoms with Crippen LogP contribution in [0, 0.1) is 10.1 Å². The number of carbonyl (C=O) groups excluding carboxylic acids is 1. The normalized spacial score (nSPS) is 10.4. The Labute approximate surface area is 120 Å². The summed E-state index contributed by atoms with van der Waals surface area (Å²) in [5.41, 5.74) is 0.920. The third-order valence-corrected chi connectivity index (χ3v) is 3.36. The van der Waals surface area contributed by atoms with Gasteiger partial charge in [0.05, 0.1) is 4.92 Å². The van der Waals surface area contributed by atoms with Gasteiger partial charge in [0, 0.05) is 25.0 Å². The van der Waals surface area contributed by atoms with Gasteiger partial charge in [0.2, 0.25) is 0 Å². The van der Waals surface area contributed by atoms with Crippen LogP contribution in [0.3, 0.4) is 0 Å². The molecular formula is C16H23NO3. The number of non-ortho nitro benzene ring substituents is 1. The van der Waals surface area contributed by atoms with Crippen molar-refractivity contribution in [2.24, 2.45) is 0 Å². The summed E-state index contributed by atoms with van der Waals surface area (Å²) < 4.78 is 0. The van der Waals surface area contributed by atoms with E-state index in [1.165, 1.54) is 37.8 Å². The van der Waals surface area contributed by atoms with Gasteiger partial charge in [-0.1, -0.05) is 51.2 Å². The fraction of sp³-hybridized carbons (Fsp3) is 0.562. The number of rotatable bonds is 10. The van der Waals surface area contributed by atoms with Gasteiger partial charge in [-0.25, -0.2) is 0 Å². The van der Waals surface area contributed by atoms with E-state index in [1.807, 2.05) is 0 Å². The lowest BCUT2D eigenvalue weighted by Crippen LogP contribution is -2.02. The predicted molar refractivity (Wildman–Crippen MR) is 79.8 cm³/mol. The molecule has 0 atom stereocenters. The Balaban J connectivity index is 2.23. The predicted octanol–water partition coefficient (Wildman–Crippen LogP) is 4.46. The molecule has 0 aliphatic carbocycles. The number of hydrogen-bond acceptors (Lipinski definition) is 3. The zero-order chi connectivity index (χ0) is 14.8. The van der Waals surface area contributed by atoms with Crippen molar-refractivity contribution in [3.63, 3.8) is 0 Å². The highest BCUT2D eigenvalue weighted by Gasteiger charge is 2.07. The first-order valence-corrected chi connectivity index (χ1v) is 7.38. The molecule has 1 aromatic rings. The second kappa shape index (κ2) is 9.23. The van der Waals surface area contributed by atoms with Gasteiger partial charge in [0.25, 0.3) is 5.69 Å². The molecule has 110 valence electrons. The minimum absolute atomic E-state index is 0.0668.